The molecule has 4 atom stereocenters. The Morgan fingerprint density at radius 1 is 1.30 bits per heavy atom. The molecule has 0 aromatic heterocycles. The summed E-state index contributed by atoms with van der Waals surface area (Å²) >= 11 is 0. The van der Waals surface area contributed by atoms with Gasteiger partial charge in [-0.15, -0.1) is 12.4 Å². The monoisotopic (exact) mass is 336 g/mol. The molecule has 0 aliphatic heterocycles. The Hall–Kier alpha value is -1.06. The van der Waals surface area contributed by atoms with Gasteiger partial charge in [0.2, 0.25) is 5.91 Å². The molecule has 0 heterocycles. The number of benzene rings is 1. The molecule has 3 N–H and O–H groups in total. The fourth-order valence-corrected chi connectivity index (χ4v) is 4.32. The maximum atomic E-state index is 12.6. The Kier molecular flexibility index (Phi) is 5.42. The Morgan fingerprint density at radius 2 is 2.00 bits per heavy atom. The van der Waals surface area contributed by atoms with E-state index in [-0.39, 0.29) is 35.7 Å². The summed E-state index contributed by atoms with van der Waals surface area (Å²) in [4.78, 5) is 12.6. The first-order chi connectivity index (χ1) is 10.4. The van der Waals surface area contributed by atoms with E-state index in [0.717, 1.165) is 6.42 Å². The highest BCUT2D eigenvalue weighted by atomic mass is 35.5. The SMILES string of the molecule is Cc1cccc(C(C)(C)CNC(=O)C2C3CCC(C3)C2N)c1.Cl. The lowest BCUT2D eigenvalue weighted by molar-refractivity contribution is -0.127. The quantitative estimate of drug-likeness (QED) is 0.887. The molecule has 2 aliphatic carbocycles. The second kappa shape index (κ2) is 6.82. The normalized spacial score (nSPS) is 29.2. The minimum Gasteiger partial charge on any atom is -0.355 e. The number of fused-ring (bicyclic) bond motifs is 2. The lowest BCUT2D eigenvalue weighted by Crippen LogP contribution is -2.47. The third kappa shape index (κ3) is 3.56. The first kappa shape index (κ1) is 18.3. The first-order valence-corrected chi connectivity index (χ1v) is 8.49. The molecule has 2 fully saturated rings. The Morgan fingerprint density at radius 3 is 2.61 bits per heavy atom. The van der Waals surface area contributed by atoms with Crippen LogP contribution in [0.15, 0.2) is 24.3 Å². The van der Waals surface area contributed by atoms with Gasteiger partial charge in [-0.2, -0.15) is 0 Å². The lowest BCUT2D eigenvalue weighted by atomic mass is 9.82. The van der Waals surface area contributed by atoms with Crippen LogP contribution in [0.2, 0.25) is 0 Å². The largest absolute Gasteiger partial charge is 0.355 e. The van der Waals surface area contributed by atoms with Gasteiger partial charge in [0.05, 0.1) is 5.92 Å². The van der Waals surface area contributed by atoms with Gasteiger partial charge >= 0.3 is 0 Å². The highest BCUT2D eigenvalue weighted by molar-refractivity contribution is 5.85. The van der Waals surface area contributed by atoms with Crippen molar-refractivity contribution in [3.8, 4) is 0 Å². The van der Waals surface area contributed by atoms with Crippen LogP contribution in [0.5, 0.6) is 0 Å². The van der Waals surface area contributed by atoms with Crippen molar-refractivity contribution in [2.75, 3.05) is 6.54 Å². The molecular formula is C19H29ClN2O. The summed E-state index contributed by atoms with van der Waals surface area (Å²) in [5.41, 5.74) is 8.73. The molecule has 4 unspecified atom stereocenters. The van der Waals surface area contributed by atoms with E-state index in [0.29, 0.717) is 18.4 Å². The molecule has 4 heteroatoms. The van der Waals surface area contributed by atoms with Crippen molar-refractivity contribution in [3.05, 3.63) is 35.4 Å². The van der Waals surface area contributed by atoms with Crippen LogP contribution in [-0.2, 0) is 10.2 Å². The summed E-state index contributed by atoms with van der Waals surface area (Å²) in [6.07, 6.45) is 3.54. The van der Waals surface area contributed by atoms with Crippen molar-refractivity contribution >= 4 is 18.3 Å². The smallest absolute Gasteiger partial charge is 0.224 e. The summed E-state index contributed by atoms with van der Waals surface area (Å²) in [6.45, 7) is 7.13. The van der Waals surface area contributed by atoms with Crippen LogP contribution in [0.25, 0.3) is 0 Å². The molecule has 2 aliphatic rings. The molecule has 3 rings (SSSR count). The molecule has 1 amide bonds. The summed E-state index contributed by atoms with van der Waals surface area (Å²) in [5, 5.41) is 3.18. The van der Waals surface area contributed by atoms with E-state index in [9.17, 15) is 4.79 Å². The molecule has 0 saturated heterocycles. The van der Waals surface area contributed by atoms with Crippen LogP contribution in [0.1, 0.15) is 44.2 Å². The summed E-state index contributed by atoms with van der Waals surface area (Å²) in [7, 11) is 0. The van der Waals surface area contributed by atoms with Crippen LogP contribution < -0.4 is 11.1 Å². The number of halogens is 1. The van der Waals surface area contributed by atoms with E-state index < -0.39 is 0 Å². The molecule has 1 aromatic rings. The molecular weight excluding hydrogens is 308 g/mol. The van der Waals surface area contributed by atoms with E-state index in [4.69, 9.17) is 5.73 Å². The molecule has 2 saturated carbocycles. The van der Waals surface area contributed by atoms with Crippen LogP contribution in [0.3, 0.4) is 0 Å². The van der Waals surface area contributed by atoms with Crippen LogP contribution >= 0.6 is 12.4 Å². The Labute approximate surface area is 145 Å². The second-order valence-electron chi connectivity index (χ2n) is 7.91. The van der Waals surface area contributed by atoms with E-state index in [1.54, 1.807) is 0 Å². The predicted octanol–water partition coefficient (Wildman–Crippen LogP) is 3.18. The number of carbonyl (C=O) groups is 1. The molecule has 3 nitrogen and oxygen atoms in total. The number of carbonyl (C=O) groups excluding carboxylic acids is 1. The fraction of sp³-hybridized carbons (Fsp3) is 0.632. The average Bonchev–Trinajstić information content (AvgIpc) is 3.06. The highest BCUT2D eigenvalue weighted by Crippen LogP contribution is 2.47. The van der Waals surface area contributed by atoms with Gasteiger partial charge in [0.1, 0.15) is 0 Å². The van der Waals surface area contributed by atoms with E-state index in [2.05, 4.69) is 50.4 Å². The van der Waals surface area contributed by atoms with Gasteiger partial charge in [-0.25, -0.2) is 0 Å². The number of aryl methyl sites for hydroxylation is 1. The van der Waals surface area contributed by atoms with E-state index >= 15 is 0 Å². The van der Waals surface area contributed by atoms with Crippen molar-refractivity contribution in [2.24, 2.45) is 23.5 Å². The fourth-order valence-electron chi connectivity index (χ4n) is 4.32. The third-order valence-electron chi connectivity index (χ3n) is 5.79. The minimum absolute atomic E-state index is 0. The maximum absolute atomic E-state index is 12.6. The summed E-state index contributed by atoms with van der Waals surface area (Å²) < 4.78 is 0. The Bertz CT molecular complexity index is 570. The molecule has 2 bridgehead atoms. The van der Waals surface area contributed by atoms with Gasteiger partial charge in [-0.3, -0.25) is 4.79 Å². The predicted molar refractivity (Wildman–Crippen MR) is 96.8 cm³/mol. The number of hydrogen-bond donors (Lipinski definition) is 2. The number of amides is 1. The standard InChI is InChI=1S/C19H28N2O.ClH/c1-12-5-4-6-15(9-12)19(2,3)11-21-18(22)16-13-7-8-14(10-13)17(16)20;/h4-6,9,13-14,16-17H,7-8,10-11,20H2,1-3H3,(H,21,22);1H. The highest BCUT2D eigenvalue weighted by Gasteiger charge is 2.49. The molecule has 0 radical (unpaired) electrons. The number of rotatable bonds is 4. The van der Waals surface area contributed by atoms with Gasteiger partial charge in [-0.1, -0.05) is 43.7 Å². The molecule has 0 spiro atoms. The zero-order valence-corrected chi connectivity index (χ0v) is 15.2. The number of hydrogen-bond acceptors (Lipinski definition) is 2. The molecule has 128 valence electrons. The van der Waals surface area contributed by atoms with E-state index in [1.165, 1.54) is 24.0 Å². The first-order valence-electron chi connectivity index (χ1n) is 8.49. The lowest BCUT2D eigenvalue weighted by Gasteiger charge is -2.30. The summed E-state index contributed by atoms with van der Waals surface area (Å²) in [6, 6.07) is 8.60. The van der Waals surface area contributed by atoms with Crippen molar-refractivity contribution in [3.63, 3.8) is 0 Å². The maximum Gasteiger partial charge on any atom is 0.224 e. The van der Waals surface area contributed by atoms with Crippen molar-refractivity contribution in [2.45, 2.75) is 51.5 Å². The number of nitrogens with one attached hydrogen (secondary N) is 1. The summed E-state index contributed by atoms with van der Waals surface area (Å²) in [5.74, 6) is 1.29. The van der Waals surface area contributed by atoms with Gasteiger partial charge in [0, 0.05) is 18.0 Å². The molecule has 23 heavy (non-hydrogen) atoms. The van der Waals surface area contributed by atoms with Gasteiger partial charge < -0.3 is 11.1 Å². The third-order valence-corrected chi connectivity index (χ3v) is 5.79. The molecule has 1 aromatic carbocycles. The zero-order chi connectivity index (χ0) is 15.9. The van der Waals surface area contributed by atoms with Crippen LogP contribution in [0, 0.1) is 24.7 Å². The number of nitrogens with two attached hydrogens (primary N) is 1. The van der Waals surface area contributed by atoms with Crippen molar-refractivity contribution < 1.29 is 4.79 Å². The van der Waals surface area contributed by atoms with Crippen LogP contribution in [0.4, 0.5) is 0 Å². The van der Waals surface area contributed by atoms with Crippen molar-refractivity contribution in [1.29, 1.82) is 0 Å². The van der Waals surface area contributed by atoms with Gasteiger partial charge in [0.25, 0.3) is 0 Å². The van der Waals surface area contributed by atoms with E-state index in [1.807, 2.05) is 0 Å². The minimum atomic E-state index is -0.0661. The second-order valence-corrected chi connectivity index (χ2v) is 7.91. The van der Waals surface area contributed by atoms with Gasteiger partial charge in [0.15, 0.2) is 0 Å². The topological polar surface area (TPSA) is 55.1 Å². The average molecular weight is 337 g/mol. The zero-order valence-electron chi connectivity index (χ0n) is 14.3. The van der Waals surface area contributed by atoms with Crippen LogP contribution in [-0.4, -0.2) is 18.5 Å². The van der Waals surface area contributed by atoms with Crippen molar-refractivity contribution in [1.82, 2.24) is 5.32 Å². The van der Waals surface area contributed by atoms with Gasteiger partial charge in [-0.05, 0) is 43.6 Å². The Balaban J connectivity index is 0.00000192.